The van der Waals surface area contributed by atoms with Crippen LogP contribution in [0.1, 0.15) is 26.3 Å². The Morgan fingerprint density at radius 2 is 1.76 bits per heavy atom. The molecule has 0 fully saturated rings. The summed E-state index contributed by atoms with van der Waals surface area (Å²) in [7, 11) is 2.63. The number of amides is 1. The number of hydrogen-bond acceptors (Lipinski definition) is 8. The van der Waals surface area contributed by atoms with Crippen molar-refractivity contribution in [1.82, 2.24) is 0 Å². The van der Waals surface area contributed by atoms with E-state index in [4.69, 9.17) is 21.1 Å². The number of esters is 2. The molecule has 0 spiro atoms. The van der Waals surface area contributed by atoms with E-state index in [0.717, 1.165) is 11.3 Å². The molecule has 172 valence electrons. The van der Waals surface area contributed by atoms with Gasteiger partial charge >= 0.3 is 11.9 Å². The van der Waals surface area contributed by atoms with Crippen molar-refractivity contribution in [1.29, 1.82) is 5.26 Å². The number of benzene rings is 2. The van der Waals surface area contributed by atoms with Gasteiger partial charge in [0.1, 0.15) is 16.6 Å². The van der Waals surface area contributed by atoms with Crippen molar-refractivity contribution in [3.05, 3.63) is 81.2 Å². The molecule has 0 bridgehead atoms. The maximum atomic E-state index is 12.6. The number of nitrogens with zero attached hydrogens (tertiary/aromatic N) is 1. The fraction of sp³-hybridized carbons (Fsp3) is 0.0833. The van der Waals surface area contributed by atoms with E-state index in [1.807, 2.05) is 6.07 Å². The number of carbonyl (C=O) groups excluding carboxylic acids is 3. The van der Waals surface area contributed by atoms with Gasteiger partial charge in [0, 0.05) is 5.02 Å². The standard InChI is InChI=1S/C24H17ClN2O6S/c1-31-20-12-14(3-8-19(20)33-23(29)15-4-6-17(25)7-5-15)11-16(13-26)21(28)27-22-18(9-10-34-22)24(30)32-2/h3-12H,1-2H3,(H,27,28). The molecule has 0 atom stereocenters. The fourth-order valence-electron chi connectivity index (χ4n) is 2.77. The van der Waals surface area contributed by atoms with Crippen molar-refractivity contribution in [2.24, 2.45) is 0 Å². The monoisotopic (exact) mass is 496 g/mol. The second-order valence-corrected chi connectivity index (χ2v) is 7.94. The Hall–Kier alpha value is -4.13. The molecule has 10 heteroatoms. The molecule has 8 nitrogen and oxygen atoms in total. The molecule has 0 radical (unpaired) electrons. The largest absolute Gasteiger partial charge is 0.493 e. The SMILES string of the molecule is COC(=O)c1ccsc1NC(=O)C(C#N)=Cc1ccc(OC(=O)c2ccc(Cl)cc2)c(OC)c1. The summed E-state index contributed by atoms with van der Waals surface area (Å²) in [5.74, 6) is -1.53. The molecule has 0 unspecified atom stereocenters. The van der Waals surface area contributed by atoms with Crippen LogP contribution >= 0.6 is 22.9 Å². The zero-order valence-electron chi connectivity index (χ0n) is 18.0. The van der Waals surface area contributed by atoms with Crippen LogP contribution in [0.5, 0.6) is 11.5 Å². The van der Waals surface area contributed by atoms with Gasteiger partial charge in [-0.3, -0.25) is 4.79 Å². The molecule has 0 aliphatic carbocycles. The lowest BCUT2D eigenvalue weighted by Gasteiger charge is -2.10. The van der Waals surface area contributed by atoms with Crippen molar-refractivity contribution in [2.75, 3.05) is 19.5 Å². The average Bonchev–Trinajstić information content (AvgIpc) is 3.31. The molecular weight excluding hydrogens is 480 g/mol. The van der Waals surface area contributed by atoms with Crippen molar-refractivity contribution < 1.29 is 28.6 Å². The third-order valence-corrected chi connectivity index (χ3v) is 5.53. The van der Waals surface area contributed by atoms with E-state index in [0.29, 0.717) is 16.1 Å². The molecule has 1 aromatic heterocycles. The number of hydrogen-bond donors (Lipinski definition) is 1. The molecule has 0 aliphatic heterocycles. The molecule has 34 heavy (non-hydrogen) atoms. The predicted octanol–water partition coefficient (Wildman–Crippen LogP) is 4.96. The highest BCUT2D eigenvalue weighted by Gasteiger charge is 2.18. The van der Waals surface area contributed by atoms with E-state index in [9.17, 15) is 19.6 Å². The number of nitriles is 1. The van der Waals surface area contributed by atoms with Gasteiger partial charge in [-0.05, 0) is 59.5 Å². The third-order valence-electron chi connectivity index (χ3n) is 4.44. The maximum absolute atomic E-state index is 12.6. The van der Waals surface area contributed by atoms with E-state index >= 15 is 0 Å². The van der Waals surface area contributed by atoms with Crippen LogP contribution in [0.2, 0.25) is 5.02 Å². The number of thiophene rings is 1. The average molecular weight is 497 g/mol. The van der Waals surface area contributed by atoms with Crippen molar-refractivity contribution >= 4 is 51.9 Å². The van der Waals surface area contributed by atoms with Crippen LogP contribution in [-0.2, 0) is 9.53 Å². The van der Waals surface area contributed by atoms with E-state index in [1.165, 1.54) is 50.6 Å². The molecule has 3 rings (SSSR count). The number of methoxy groups -OCH3 is 2. The second kappa shape index (κ2) is 11.1. The summed E-state index contributed by atoms with van der Waals surface area (Å²) in [6, 6.07) is 14.1. The maximum Gasteiger partial charge on any atom is 0.343 e. The lowest BCUT2D eigenvalue weighted by Crippen LogP contribution is -2.15. The summed E-state index contributed by atoms with van der Waals surface area (Å²) in [6.07, 6.45) is 1.34. The smallest absolute Gasteiger partial charge is 0.343 e. The number of nitrogens with one attached hydrogen (secondary N) is 1. The van der Waals surface area contributed by atoms with Gasteiger partial charge in [0.2, 0.25) is 0 Å². The molecule has 1 amide bonds. The van der Waals surface area contributed by atoms with Crippen LogP contribution < -0.4 is 14.8 Å². The molecule has 3 aromatic rings. The van der Waals surface area contributed by atoms with Crippen LogP contribution in [0.25, 0.3) is 6.08 Å². The van der Waals surface area contributed by atoms with Crippen LogP contribution in [-0.4, -0.2) is 32.1 Å². The lowest BCUT2D eigenvalue weighted by atomic mass is 10.1. The van der Waals surface area contributed by atoms with Gasteiger partial charge in [-0.25, -0.2) is 9.59 Å². The van der Waals surface area contributed by atoms with Gasteiger partial charge in [-0.2, -0.15) is 5.26 Å². The molecule has 1 heterocycles. The Labute approximate surface area is 203 Å². The van der Waals surface area contributed by atoms with Crippen LogP contribution in [0.4, 0.5) is 5.00 Å². The van der Waals surface area contributed by atoms with E-state index in [2.05, 4.69) is 10.1 Å². The third kappa shape index (κ3) is 5.81. The van der Waals surface area contributed by atoms with Gasteiger partial charge in [0.05, 0.1) is 25.3 Å². The Morgan fingerprint density at radius 1 is 1.03 bits per heavy atom. The van der Waals surface area contributed by atoms with Crippen LogP contribution in [0.3, 0.4) is 0 Å². The summed E-state index contributed by atoms with van der Waals surface area (Å²) in [5, 5.41) is 14.4. The summed E-state index contributed by atoms with van der Waals surface area (Å²) >= 11 is 6.96. The van der Waals surface area contributed by atoms with Gasteiger partial charge in [0.15, 0.2) is 11.5 Å². The zero-order valence-corrected chi connectivity index (χ0v) is 19.5. The molecule has 0 saturated heterocycles. The lowest BCUT2D eigenvalue weighted by molar-refractivity contribution is -0.112. The minimum atomic E-state index is -0.702. The first-order valence-corrected chi connectivity index (χ1v) is 10.9. The highest BCUT2D eigenvalue weighted by Crippen LogP contribution is 2.30. The normalized spacial score (nSPS) is 10.7. The van der Waals surface area contributed by atoms with Crippen LogP contribution in [0.15, 0.2) is 59.5 Å². The minimum absolute atomic E-state index is 0.156. The van der Waals surface area contributed by atoms with E-state index < -0.39 is 17.8 Å². The molecular formula is C24H17ClN2O6S. The Morgan fingerprint density at radius 3 is 2.41 bits per heavy atom. The summed E-state index contributed by atoms with van der Waals surface area (Å²) < 4.78 is 15.4. The molecule has 0 saturated carbocycles. The van der Waals surface area contributed by atoms with Crippen LogP contribution in [0, 0.1) is 11.3 Å². The molecule has 2 aromatic carbocycles. The Balaban J connectivity index is 1.80. The first kappa shape index (κ1) is 24.5. The number of halogens is 1. The summed E-state index contributed by atoms with van der Waals surface area (Å²) in [6.45, 7) is 0. The van der Waals surface area contributed by atoms with Gasteiger partial charge < -0.3 is 19.5 Å². The van der Waals surface area contributed by atoms with Gasteiger partial charge in [-0.1, -0.05) is 17.7 Å². The summed E-state index contributed by atoms with van der Waals surface area (Å²) in [5.41, 5.74) is 0.733. The first-order valence-electron chi connectivity index (χ1n) is 9.61. The van der Waals surface area contributed by atoms with Gasteiger partial charge in [0.25, 0.3) is 5.91 Å². The van der Waals surface area contributed by atoms with Crippen molar-refractivity contribution in [2.45, 2.75) is 0 Å². The minimum Gasteiger partial charge on any atom is -0.493 e. The number of rotatable bonds is 7. The van der Waals surface area contributed by atoms with E-state index in [1.54, 1.807) is 23.6 Å². The highest BCUT2D eigenvalue weighted by molar-refractivity contribution is 7.14. The highest BCUT2D eigenvalue weighted by atomic mass is 35.5. The van der Waals surface area contributed by atoms with E-state index in [-0.39, 0.29) is 27.6 Å². The van der Waals surface area contributed by atoms with Gasteiger partial charge in [-0.15, -0.1) is 11.3 Å². The predicted molar refractivity (Wildman–Crippen MR) is 127 cm³/mol. The number of carbonyl (C=O) groups is 3. The number of anilines is 1. The fourth-order valence-corrected chi connectivity index (χ4v) is 3.66. The Bertz CT molecular complexity index is 1310. The molecule has 0 aliphatic rings. The number of ether oxygens (including phenoxy) is 3. The topological polar surface area (TPSA) is 115 Å². The summed E-state index contributed by atoms with van der Waals surface area (Å²) in [4.78, 5) is 36.8. The first-order chi connectivity index (χ1) is 16.4. The van der Waals surface area contributed by atoms with Crippen molar-refractivity contribution in [3.8, 4) is 17.6 Å². The second-order valence-electron chi connectivity index (χ2n) is 6.59. The molecule has 1 N–H and O–H groups in total. The Kier molecular flexibility index (Phi) is 8.03. The quantitative estimate of drug-likeness (QED) is 0.213. The van der Waals surface area contributed by atoms with Crippen molar-refractivity contribution in [3.63, 3.8) is 0 Å². The zero-order chi connectivity index (χ0) is 24.7.